The summed E-state index contributed by atoms with van der Waals surface area (Å²) in [5.74, 6) is 2.78. The Hall–Kier alpha value is -1.32. The molecule has 0 amide bonds. The highest BCUT2D eigenvalue weighted by Crippen LogP contribution is 2.30. The van der Waals surface area contributed by atoms with E-state index in [0.717, 1.165) is 24.2 Å². The van der Waals surface area contributed by atoms with Gasteiger partial charge in [0.25, 0.3) is 0 Å². The van der Waals surface area contributed by atoms with Crippen molar-refractivity contribution in [1.29, 1.82) is 0 Å². The van der Waals surface area contributed by atoms with Gasteiger partial charge in [-0.3, -0.25) is 0 Å². The summed E-state index contributed by atoms with van der Waals surface area (Å²) in [6.45, 7) is 3.32. The van der Waals surface area contributed by atoms with Crippen LogP contribution in [0.4, 0.5) is 11.8 Å². The summed E-state index contributed by atoms with van der Waals surface area (Å²) in [4.78, 5) is 7.98. The lowest BCUT2D eigenvalue weighted by molar-refractivity contribution is 0.439. The Kier molecular flexibility index (Phi) is 3.04. The third-order valence-electron chi connectivity index (χ3n) is 3.26. The van der Waals surface area contributed by atoms with Gasteiger partial charge in [0.15, 0.2) is 0 Å². The summed E-state index contributed by atoms with van der Waals surface area (Å²) in [7, 11) is 0. The molecule has 0 aromatic carbocycles. The van der Waals surface area contributed by atoms with Crippen LogP contribution in [0.2, 0.25) is 0 Å². The molecule has 0 radical (unpaired) electrons. The highest BCUT2D eigenvalue weighted by molar-refractivity contribution is 5.37. The molecule has 1 saturated carbocycles. The van der Waals surface area contributed by atoms with E-state index in [1.54, 1.807) is 6.20 Å². The molecule has 1 aromatic heterocycles. The number of hydrogen-bond donors (Lipinski definition) is 2. The van der Waals surface area contributed by atoms with Gasteiger partial charge in [0.05, 0.1) is 0 Å². The first kappa shape index (κ1) is 10.2. The van der Waals surface area contributed by atoms with Gasteiger partial charge < -0.3 is 11.1 Å². The summed E-state index contributed by atoms with van der Waals surface area (Å²) in [5, 5.41) is 3.33. The van der Waals surface area contributed by atoms with Crippen molar-refractivity contribution < 1.29 is 0 Å². The average Bonchev–Trinajstić information content (AvgIpc) is 2.61. The number of nitrogens with one attached hydrogen (secondary N) is 1. The third kappa shape index (κ3) is 2.58. The van der Waals surface area contributed by atoms with Crippen molar-refractivity contribution in [1.82, 2.24) is 9.97 Å². The molecule has 1 heterocycles. The molecule has 0 saturated heterocycles. The van der Waals surface area contributed by atoms with Crippen molar-refractivity contribution in [3.05, 3.63) is 12.3 Å². The van der Waals surface area contributed by atoms with Crippen LogP contribution in [0.25, 0.3) is 0 Å². The fourth-order valence-corrected chi connectivity index (χ4v) is 2.23. The van der Waals surface area contributed by atoms with Gasteiger partial charge in [-0.1, -0.05) is 19.8 Å². The number of nitrogens with two attached hydrogens (primary N) is 1. The average molecular weight is 206 g/mol. The number of rotatable bonds is 3. The summed E-state index contributed by atoms with van der Waals surface area (Å²) in [6.07, 6.45) is 5.73. The van der Waals surface area contributed by atoms with Gasteiger partial charge in [0.2, 0.25) is 5.95 Å². The molecule has 2 rings (SSSR count). The molecular weight excluding hydrogens is 188 g/mol. The van der Waals surface area contributed by atoms with Gasteiger partial charge >= 0.3 is 0 Å². The fraction of sp³-hybridized carbons (Fsp3) is 0.636. The Morgan fingerprint density at radius 1 is 1.53 bits per heavy atom. The van der Waals surface area contributed by atoms with Gasteiger partial charge in [0.1, 0.15) is 5.82 Å². The number of aromatic nitrogens is 2. The second-order valence-electron chi connectivity index (χ2n) is 4.35. The Labute approximate surface area is 90.3 Å². The highest BCUT2D eigenvalue weighted by Gasteiger charge is 2.22. The van der Waals surface area contributed by atoms with Gasteiger partial charge in [0, 0.05) is 12.7 Å². The van der Waals surface area contributed by atoms with Crippen molar-refractivity contribution in [3.8, 4) is 0 Å². The maximum absolute atomic E-state index is 5.51. The van der Waals surface area contributed by atoms with Crippen molar-refractivity contribution in [2.75, 3.05) is 17.6 Å². The van der Waals surface area contributed by atoms with Crippen LogP contribution in [0.5, 0.6) is 0 Å². The van der Waals surface area contributed by atoms with E-state index < -0.39 is 0 Å². The lowest BCUT2D eigenvalue weighted by atomic mass is 9.98. The predicted molar refractivity (Wildman–Crippen MR) is 61.4 cm³/mol. The zero-order chi connectivity index (χ0) is 10.7. The van der Waals surface area contributed by atoms with Crippen molar-refractivity contribution in [2.45, 2.75) is 26.2 Å². The van der Waals surface area contributed by atoms with E-state index in [9.17, 15) is 0 Å². The SMILES string of the molecule is CC1CCCC1CNc1ccnc(N)n1. The molecule has 0 bridgehead atoms. The van der Waals surface area contributed by atoms with E-state index in [-0.39, 0.29) is 0 Å². The van der Waals surface area contributed by atoms with E-state index in [0.29, 0.717) is 5.95 Å². The van der Waals surface area contributed by atoms with Crippen molar-refractivity contribution >= 4 is 11.8 Å². The normalized spacial score (nSPS) is 25.4. The van der Waals surface area contributed by atoms with Crippen LogP contribution in [0, 0.1) is 11.8 Å². The zero-order valence-electron chi connectivity index (χ0n) is 9.11. The quantitative estimate of drug-likeness (QED) is 0.793. The number of anilines is 2. The molecule has 2 unspecified atom stereocenters. The first-order valence-electron chi connectivity index (χ1n) is 5.58. The maximum atomic E-state index is 5.51. The van der Waals surface area contributed by atoms with Crippen LogP contribution in [0.15, 0.2) is 12.3 Å². The minimum Gasteiger partial charge on any atom is -0.370 e. The molecule has 0 spiro atoms. The van der Waals surface area contributed by atoms with E-state index in [4.69, 9.17) is 5.73 Å². The van der Waals surface area contributed by atoms with Crippen LogP contribution >= 0.6 is 0 Å². The molecule has 3 N–H and O–H groups in total. The summed E-state index contributed by atoms with van der Waals surface area (Å²) in [5.41, 5.74) is 5.51. The van der Waals surface area contributed by atoms with E-state index in [1.165, 1.54) is 19.3 Å². The van der Waals surface area contributed by atoms with Crippen LogP contribution in [-0.4, -0.2) is 16.5 Å². The molecule has 4 heteroatoms. The van der Waals surface area contributed by atoms with Crippen molar-refractivity contribution in [3.63, 3.8) is 0 Å². The second-order valence-corrected chi connectivity index (χ2v) is 4.35. The Morgan fingerprint density at radius 3 is 3.07 bits per heavy atom. The lowest BCUT2D eigenvalue weighted by Crippen LogP contribution is -2.17. The molecule has 15 heavy (non-hydrogen) atoms. The molecule has 0 aliphatic heterocycles. The maximum Gasteiger partial charge on any atom is 0.221 e. The van der Waals surface area contributed by atoms with Crippen LogP contribution in [0.3, 0.4) is 0 Å². The largest absolute Gasteiger partial charge is 0.370 e. The van der Waals surface area contributed by atoms with Crippen LogP contribution in [-0.2, 0) is 0 Å². The predicted octanol–water partition coefficient (Wildman–Crippen LogP) is 1.91. The van der Waals surface area contributed by atoms with Crippen molar-refractivity contribution in [2.24, 2.45) is 11.8 Å². The van der Waals surface area contributed by atoms with Gasteiger partial charge in [-0.25, -0.2) is 4.98 Å². The smallest absolute Gasteiger partial charge is 0.221 e. The molecule has 82 valence electrons. The fourth-order valence-electron chi connectivity index (χ4n) is 2.23. The van der Waals surface area contributed by atoms with Crippen LogP contribution in [0.1, 0.15) is 26.2 Å². The van der Waals surface area contributed by atoms with E-state index >= 15 is 0 Å². The van der Waals surface area contributed by atoms with Gasteiger partial charge in [-0.2, -0.15) is 4.98 Å². The second kappa shape index (κ2) is 4.47. The monoisotopic (exact) mass is 206 g/mol. The minimum atomic E-state index is 0.333. The highest BCUT2D eigenvalue weighted by atomic mass is 15.1. The molecule has 4 nitrogen and oxygen atoms in total. The summed E-state index contributed by atoms with van der Waals surface area (Å²) >= 11 is 0. The molecular formula is C11H18N4. The lowest BCUT2D eigenvalue weighted by Gasteiger charge is -2.16. The standard InChI is InChI=1S/C11H18N4/c1-8-3-2-4-9(8)7-14-10-5-6-13-11(12)15-10/h5-6,8-9H,2-4,7H2,1H3,(H3,12,13,14,15). The summed E-state index contributed by atoms with van der Waals surface area (Å²) < 4.78 is 0. The van der Waals surface area contributed by atoms with E-state index in [2.05, 4.69) is 22.2 Å². The minimum absolute atomic E-state index is 0.333. The Morgan fingerprint density at radius 2 is 2.40 bits per heavy atom. The molecule has 1 fully saturated rings. The third-order valence-corrected chi connectivity index (χ3v) is 3.26. The van der Waals surface area contributed by atoms with Gasteiger partial charge in [-0.15, -0.1) is 0 Å². The molecule has 1 aliphatic carbocycles. The first-order chi connectivity index (χ1) is 7.25. The molecule has 2 atom stereocenters. The van der Waals surface area contributed by atoms with Crippen LogP contribution < -0.4 is 11.1 Å². The Balaban J connectivity index is 1.87. The Bertz CT molecular complexity index is 326. The zero-order valence-corrected chi connectivity index (χ0v) is 9.11. The number of nitrogens with zero attached hydrogens (tertiary/aromatic N) is 2. The molecule has 1 aliphatic rings. The number of nitrogen functional groups attached to an aromatic ring is 1. The first-order valence-corrected chi connectivity index (χ1v) is 5.58. The molecule has 1 aromatic rings. The topological polar surface area (TPSA) is 63.8 Å². The number of hydrogen-bond acceptors (Lipinski definition) is 4. The van der Waals surface area contributed by atoms with Gasteiger partial charge in [-0.05, 0) is 24.3 Å². The summed E-state index contributed by atoms with van der Waals surface area (Å²) in [6, 6.07) is 1.86. The van der Waals surface area contributed by atoms with E-state index in [1.807, 2.05) is 6.07 Å².